The number of carbonyl (C=O) groups excluding carboxylic acids is 1. The van der Waals surface area contributed by atoms with Crippen LogP contribution in [0.15, 0.2) is 36.5 Å². The van der Waals surface area contributed by atoms with Gasteiger partial charge in [0, 0.05) is 19.3 Å². The third-order valence-corrected chi connectivity index (χ3v) is 4.65. The lowest BCUT2D eigenvalue weighted by atomic mass is 10.0. The van der Waals surface area contributed by atoms with Crippen LogP contribution in [0.3, 0.4) is 0 Å². The monoisotopic (exact) mass is 381 g/mol. The summed E-state index contributed by atoms with van der Waals surface area (Å²) in [5, 5.41) is 12.5. The van der Waals surface area contributed by atoms with Gasteiger partial charge in [0.15, 0.2) is 5.69 Å². The number of carboxylic acid groups (broad SMARTS) is 1. The molecule has 1 aliphatic heterocycles. The maximum Gasteiger partial charge on any atom is 0.435 e. The summed E-state index contributed by atoms with van der Waals surface area (Å²) in [5.74, 6) is -1.12. The van der Waals surface area contributed by atoms with Crippen LogP contribution in [0.25, 0.3) is 0 Å². The summed E-state index contributed by atoms with van der Waals surface area (Å²) in [7, 11) is 0. The molecule has 0 radical (unpaired) electrons. The van der Waals surface area contributed by atoms with E-state index in [0.717, 1.165) is 6.07 Å². The number of rotatable bonds is 4. The molecule has 2 aromatic rings. The molecule has 6 nitrogen and oxygen atoms in total. The fraction of sp³-hybridized carbons (Fsp3) is 0.389. The zero-order valence-electron chi connectivity index (χ0n) is 14.3. The number of aromatic nitrogens is 2. The van der Waals surface area contributed by atoms with Gasteiger partial charge in [0.05, 0.1) is 18.0 Å². The standard InChI is InChI=1S/C18H18F3N3O3/c19-18(20,21)15-7-10-24(22-15)14-5-8-23(9-6-14)16(25)11-12-1-3-13(4-2-12)17(26)27/h1-4,7,10,14H,5-6,8-9,11H2,(H,26,27). The molecule has 1 amide bonds. The second-order valence-electron chi connectivity index (χ2n) is 6.47. The molecule has 27 heavy (non-hydrogen) atoms. The molecule has 0 unspecified atom stereocenters. The summed E-state index contributed by atoms with van der Waals surface area (Å²) >= 11 is 0. The molecule has 2 heterocycles. The van der Waals surface area contributed by atoms with Gasteiger partial charge in [-0.05, 0) is 36.6 Å². The van der Waals surface area contributed by atoms with Gasteiger partial charge in [0.2, 0.25) is 5.91 Å². The Bertz CT molecular complexity index is 822. The average molecular weight is 381 g/mol. The third kappa shape index (κ3) is 4.47. The van der Waals surface area contributed by atoms with Crippen LogP contribution < -0.4 is 0 Å². The predicted molar refractivity (Wildman–Crippen MR) is 89.2 cm³/mol. The first-order chi connectivity index (χ1) is 12.7. The molecular formula is C18H18F3N3O3. The highest BCUT2D eigenvalue weighted by molar-refractivity contribution is 5.87. The molecule has 0 bridgehead atoms. The Morgan fingerprint density at radius 1 is 1.11 bits per heavy atom. The zero-order valence-corrected chi connectivity index (χ0v) is 14.3. The number of likely N-dealkylation sites (tertiary alicyclic amines) is 1. The molecule has 1 aromatic carbocycles. The summed E-state index contributed by atoms with van der Waals surface area (Å²) in [5.41, 5.74) is -0.0377. The summed E-state index contributed by atoms with van der Waals surface area (Å²) in [6.45, 7) is 0.885. The van der Waals surface area contributed by atoms with E-state index in [0.29, 0.717) is 31.5 Å². The lowest BCUT2D eigenvalue weighted by molar-refractivity contribution is -0.141. The van der Waals surface area contributed by atoms with Crippen molar-refractivity contribution in [3.05, 3.63) is 53.3 Å². The van der Waals surface area contributed by atoms with Gasteiger partial charge in [0.25, 0.3) is 0 Å². The first kappa shape index (κ1) is 18.9. The third-order valence-electron chi connectivity index (χ3n) is 4.65. The molecule has 9 heteroatoms. The van der Waals surface area contributed by atoms with Crippen LogP contribution in [0.4, 0.5) is 13.2 Å². The Morgan fingerprint density at radius 2 is 1.74 bits per heavy atom. The normalized spacial score (nSPS) is 15.7. The van der Waals surface area contributed by atoms with E-state index in [1.165, 1.54) is 23.0 Å². The Kier molecular flexibility index (Phi) is 5.20. The van der Waals surface area contributed by atoms with Crippen molar-refractivity contribution >= 4 is 11.9 Å². The predicted octanol–water partition coefficient (Wildman–Crippen LogP) is 3.01. The number of carboxylic acids is 1. The number of piperidine rings is 1. The van der Waals surface area contributed by atoms with Gasteiger partial charge < -0.3 is 10.0 Å². The van der Waals surface area contributed by atoms with E-state index in [9.17, 15) is 22.8 Å². The minimum Gasteiger partial charge on any atom is -0.478 e. The largest absolute Gasteiger partial charge is 0.478 e. The Morgan fingerprint density at radius 3 is 2.26 bits per heavy atom. The SMILES string of the molecule is O=C(O)c1ccc(CC(=O)N2CCC(n3ccc(C(F)(F)F)n3)CC2)cc1. The zero-order chi connectivity index (χ0) is 19.6. The molecule has 1 aliphatic rings. The van der Waals surface area contributed by atoms with E-state index in [2.05, 4.69) is 5.10 Å². The minimum absolute atomic E-state index is 0.0898. The molecule has 1 saturated heterocycles. The summed E-state index contributed by atoms with van der Waals surface area (Å²) < 4.78 is 39.3. The Balaban J connectivity index is 1.54. The van der Waals surface area contributed by atoms with E-state index in [1.807, 2.05) is 0 Å². The molecule has 3 rings (SSSR count). The molecule has 0 aliphatic carbocycles. The molecule has 0 atom stereocenters. The number of nitrogens with zero attached hydrogens (tertiary/aromatic N) is 3. The van der Waals surface area contributed by atoms with Gasteiger partial charge in [-0.3, -0.25) is 9.48 Å². The molecule has 144 valence electrons. The van der Waals surface area contributed by atoms with Crippen molar-refractivity contribution in [2.45, 2.75) is 31.5 Å². The van der Waals surface area contributed by atoms with Gasteiger partial charge >= 0.3 is 12.1 Å². The average Bonchev–Trinajstić information content (AvgIpc) is 3.13. The minimum atomic E-state index is -4.46. The molecule has 1 aromatic heterocycles. The molecular weight excluding hydrogens is 363 g/mol. The highest BCUT2D eigenvalue weighted by atomic mass is 19.4. The lowest BCUT2D eigenvalue weighted by Crippen LogP contribution is -2.40. The van der Waals surface area contributed by atoms with E-state index < -0.39 is 17.8 Å². The quantitative estimate of drug-likeness (QED) is 0.884. The lowest BCUT2D eigenvalue weighted by Gasteiger charge is -2.32. The number of aromatic carboxylic acids is 1. The van der Waals surface area contributed by atoms with Crippen molar-refractivity contribution in [2.75, 3.05) is 13.1 Å². The van der Waals surface area contributed by atoms with Crippen LogP contribution >= 0.6 is 0 Å². The van der Waals surface area contributed by atoms with Gasteiger partial charge in [0.1, 0.15) is 0 Å². The van der Waals surface area contributed by atoms with Crippen molar-refractivity contribution in [3.8, 4) is 0 Å². The van der Waals surface area contributed by atoms with E-state index in [1.54, 1.807) is 17.0 Å². The second kappa shape index (κ2) is 7.42. The highest BCUT2D eigenvalue weighted by Crippen LogP contribution is 2.29. The first-order valence-corrected chi connectivity index (χ1v) is 8.46. The number of hydrogen-bond acceptors (Lipinski definition) is 3. The maximum atomic E-state index is 12.7. The number of carbonyl (C=O) groups is 2. The van der Waals surface area contributed by atoms with Crippen molar-refractivity contribution in [2.24, 2.45) is 0 Å². The van der Waals surface area contributed by atoms with Crippen LogP contribution in [0.2, 0.25) is 0 Å². The van der Waals surface area contributed by atoms with Crippen molar-refractivity contribution in [3.63, 3.8) is 0 Å². The fourth-order valence-electron chi connectivity index (χ4n) is 3.12. The van der Waals surface area contributed by atoms with Gasteiger partial charge in [-0.1, -0.05) is 12.1 Å². The van der Waals surface area contributed by atoms with Crippen molar-refractivity contribution < 1.29 is 27.9 Å². The number of hydrogen-bond donors (Lipinski definition) is 1. The molecule has 0 spiro atoms. The number of alkyl halides is 3. The number of halogens is 3. The highest BCUT2D eigenvalue weighted by Gasteiger charge is 2.34. The van der Waals surface area contributed by atoms with Crippen LogP contribution in [-0.2, 0) is 17.4 Å². The van der Waals surface area contributed by atoms with Crippen LogP contribution in [-0.4, -0.2) is 44.8 Å². The van der Waals surface area contributed by atoms with Gasteiger partial charge in [-0.2, -0.15) is 18.3 Å². The van der Waals surface area contributed by atoms with Crippen LogP contribution in [0.1, 0.15) is 40.5 Å². The Labute approximate surface area is 153 Å². The van der Waals surface area contributed by atoms with Crippen molar-refractivity contribution in [1.29, 1.82) is 0 Å². The van der Waals surface area contributed by atoms with Gasteiger partial charge in [-0.15, -0.1) is 0 Å². The Hall–Kier alpha value is -2.84. The van der Waals surface area contributed by atoms with E-state index in [-0.39, 0.29) is 23.9 Å². The summed E-state index contributed by atoms with van der Waals surface area (Å²) in [6, 6.07) is 6.91. The summed E-state index contributed by atoms with van der Waals surface area (Å²) in [6.07, 6.45) is -1.91. The van der Waals surface area contributed by atoms with E-state index >= 15 is 0 Å². The molecule has 0 saturated carbocycles. The van der Waals surface area contributed by atoms with Crippen molar-refractivity contribution in [1.82, 2.24) is 14.7 Å². The van der Waals surface area contributed by atoms with E-state index in [4.69, 9.17) is 5.11 Å². The maximum absolute atomic E-state index is 12.7. The number of amides is 1. The molecule has 1 fully saturated rings. The summed E-state index contributed by atoms with van der Waals surface area (Å²) in [4.78, 5) is 24.9. The van der Waals surface area contributed by atoms with Crippen LogP contribution in [0, 0.1) is 0 Å². The van der Waals surface area contributed by atoms with Gasteiger partial charge in [-0.25, -0.2) is 4.79 Å². The molecule has 1 N–H and O–H groups in total. The first-order valence-electron chi connectivity index (χ1n) is 8.46. The second-order valence-corrected chi connectivity index (χ2v) is 6.47. The fourth-order valence-corrected chi connectivity index (χ4v) is 3.12. The van der Waals surface area contributed by atoms with Crippen LogP contribution in [0.5, 0.6) is 0 Å². The smallest absolute Gasteiger partial charge is 0.435 e. The number of benzene rings is 1. The topological polar surface area (TPSA) is 75.4 Å².